The Morgan fingerprint density at radius 1 is 0.520 bits per heavy atom. The maximum absolute atomic E-state index is 13.7. The van der Waals surface area contributed by atoms with E-state index in [1.165, 1.54) is 0 Å². The van der Waals surface area contributed by atoms with Crippen LogP contribution in [0, 0.1) is 0 Å². The zero-order chi connectivity index (χ0) is 40.7. The Morgan fingerprint density at radius 2 is 0.820 bits per heavy atom. The number of alkyl halides is 24. The van der Waals surface area contributed by atoms with Crippen molar-refractivity contribution in [2.75, 3.05) is 13.2 Å². The highest BCUT2D eigenvalue weighted by molar-refractivity contribution is 7.74. The number of ether oxygens (including phenoxy) is 2. The van der Waals surface area contributed by atoms with E-state index in [1.54, 1.807) is 0 Å². The van der Waals surface area contributed by atoms with E-state index in [0.29, 0.717) is 0 Å². The first-order valence-corrected chi connectivity index (χ1v) is 12.1. The first-order chi connectivity index (χ1) is 21.7. The topological polar surface area (TPSA) is 102 Å². The summed E-state index contributed by atoms with van der Waals surface area (Å²) < 4.78 is 346. The SMILES string of the molecule is O=C(CC(OS(=O)[O-])C(=O)OCC(F)(F)C(F)(F)C(F)(F)C(F)(F)C(F)(F)C(F)F)OCC(F)(F)C(F)(F)C(F)(F)C(F)(F)C(F)(F)C(F)F. The van der Waals surface area contributed by atoms with Crippen molar-refractivity contribution in [1.29, 1.82) is 0 Å². The molecule has 0 aromatic rings. The van der Waals surface area contributed by atoms with E-state index >= 15 is 0 Å². The number of rotatable bonds is 19. The molecule has 0 N–H and O–H groups in total. The lowest BCUT2D eigenvalue weighted by Crippen LogP contribution is -2.69. The third-order valence-corrected chi connectivity index (χ3v) is 5.89. The zero-order valence-electron chi connectivity index (χ0n) is 22.2. The summed E-state index contributed by atoms with van der Waals surface area (Å²) in [5.41, 5.74) is 0. The summed E-state index contributed by atoms with van der Waals surface area (Å²) in [6.07, 6.45) is -18.1. The molecule has 0 rings (SSSR count). The molecule has 0 aliphatic heterocycles. The Morgan fingerprint density at radius 3 is 1.10 bits per heavy atom. The quantitative estimate of drug-likeness (QED) is 0.0831. The van der Waals surface area contributed by atoms with Gasteiger partial charge in [0.25, 0.3) is 0 Å². The van der Waals surface area contributed by atoms with Crippen molar-refractivity contribution in [3.05, 3.63) is 0 Å². The molecule has 0 amide bonds. The van der Waals surface area contributed by atoms with Gasteiger partial charge >= 0.3 is 84.0 Å². The van der Waals surface area contributed by atoms with E-state index in [0.717, 1.165) is 0 Å². The van der Waals surface area contributed by atoms with Crippen LogP contribution in [0.3, 0.4) is 0 Å². The highest BCUT2D eigenvalue weighted by Gasteiger charge is 2.89. The van der Waals surface area contributed by atoms with Gasteiger partial charge in [-0.1, -0.05) is 0 Å². The van der Waals surface area contributed by atoms with Crippen LogP contribution in [0.15, 0.2) is 0 Å². The third-order valence-electron chi connectivity index (χ3n) is 5.50. The van der Waals surface area contributed by atoms with E-state index in [1.807, 2.05) is 0 Å². The number of halogens is 24. The molecular formula is C18H9F24O7S-. The average molecular weight is 825 g/mol. The number of carbonyl (C=O) groups excluding carboxylic acids is 2. The van der Waals surface area contributed by atoms with Crippen LogP contribution < -0.4 is 0 Å². The molecule has 0 spiro atoms. The predicted molar refractivity (Wildman–Crippen MR) is 102 cm³/mol. The second kappa shape index (κ2) is 14.4. The molecule has 0 aromatic carbocycles. The first kappa shape index (κ1) is 47.3. The molecule has 0 aliphatic carbocycles. The Hall–Kier alpha value is -2.67. The minimum absolute atomic E-state index is 2.60. The van der Waals surface area contributed by atoms with Crippen molar-refractivity contribution in [3.63, 3.8) is 0 Å². The molecule has 0 fully saturated rings. The minimum Gasteiger partial charge on any atom is -0.750 e. The molecule has 0 aromatic heterocycles. The Balaban J connectivity index is 6.09. The maximum Gasteiger partial charge on any atom is 0.384 e. The van der Waals surface area contributed by atoms with Crippen molar-refractivity contribution >= 4 is 23.3 Å². The van der Waals surface area contributed by atoms with Gasteiger partial charge in [0.1, 0.15) is 0 Å². The number of hydrogen-bond acceptors (Lipinski definition) is 7. The smallest absolute Gasteiger partial charge is 0.384 e. The van der Waals surface area contributed by atoms with Crippen LogP contribution in [0.5, 0.6) is 0 Å². The standard InChI is InChI=1S/C18H10F24O7S/c19-7(20)11(27,28)15(35,36)17(39,40)13(31,32)9(23,24)2-47-5(43)1-4(49-50(45)46)6(44)48-3-10(25,26)14(33,34)18(41,42)16(37,38)12(29,30)8(21)22/h4,7-8H,1-3H2,(H,45,46)/p-1. The van der Waals surface area contributed by atoms with E-state index in [-0.39, 0.29) is 0 Å². The van der Waals surface area contributed by atoms with Gasteiger partial charge in [0, 0.05) is 0 Å². The second-order valence-corrected chi connectivity index (χ2v) is 9.56. The summed E-state index contributed by atoms with van der Waals surface area (Å²) in [6, 6.07) is 0. The Kier molecular flexibility index (Phi) is 13.6. The lowest BCUT2D eigenvalue weighted by molar-refractivity contribution is -0.414. The molecule has 298 valence electrons. The van der Waals surface area contributed by atoms with Gasteiger partial charge in [-0.15, -0.1) is 0 Å². The van der Waals surface area contributed by atoms with Crippen LogP contribution >= 0.6 is 0 Å². The van der Waals surface area contributed by atoms with E-state index in [2.05, 4.69) is 13.7 Å². The van der Waals surface area contributed by atoms with Crippen molar-refractivity contribution < 1.29 is 137 Å². The number of esters is 2. The molecular weight excluding hydrogens is 816 g/mol. The summed E-state index contributed by atoms with van der Waals surface area (Å²) in [6.45, 7) is -7.54. The molecule has 0 heterocycles. The van der Waals surface area contributed by atoms with Crippen LogP contribution in [0.4, 0.5) is 105 Å². The van der Waals surface area contributed by atoms with Gasteiger partial charge in [0.15, 0.2) is 19.3 Å². The average Bonchev–Trinajstić information content (AvgIpc) is 2.93. The van der Waals surface area contributed by atoms with Gasteiger partial charge in [0.2, 0.25) is 0 Å². The molecule has 0 bridgehead atoms. The van der Waals surface area contributed by atoms with E-state index < -0.39 is 121 Å². The summed E-state index contributed by atoms with van der Waals surface area (Å²) >= 11 is -4.34. The molecule has 0 saturated carbocycles. The second-order valence-electron chi connectivity index (χ2n) is 8.96. The Bertz CT molecular complexity index is 1240. The highest BCUT2D eigenvalue weighted by atomic mass is 32.2. The van der Waals surface area contributed by atoms with Gasteiger partial charge < -0.3 is 14.0 Å². The highest BCUT2D eigenvalue weighted by Crippen LogP contribution is 2.59. The fourth-order valence-electron chi connectivity index (χ4n) is 2.62. The molecule has 2 atom stereocenters. The van der Waals surface area contributed by atoms with Crippen LogP contribution in [-0.4, -0.2) is 112 Å². The summed E-state index contributed by atoms with van der Waals surface area (Å²) in [5.74, 6) is -83.4. The molecule has 0 saturated heterocycles. The Labute approximate surface area is 259 Å². The van der Waals surface area contributed by atoms with Gasteiger partial charge in [-0.05, 0) is 0 Å². The molecule has 50 heavy (non-hydrogen) atoms. The van der Waals surface area contributed by atoms with E-state index in [4.69, 9.17) is 0 Å². The van der Waals surface area contributed by atoms with Crippen molar-refractivity contribution in [2.24, 2.45) is 0 Å². The maximum atomic E-state index is 13.7. The summed E-state index contributed by atoms with van der Waals surface area (Å²) in [7, 11) is 0. The zero-order valence-corrected chi connectivity index (χ0v) is 23.0. The van der Waals surface area contributed by atoms with Gasteiger partial charge in [-0.3, -0.25) is 8.98 Å². The minimum atomic E-state index is -8.19. The fourth-order valence-corrected chi connectivity index (χ4v) is 2.95. The predicted octanol–water partition coefficient (Wildman–Crippen LogP) is 6.53. The van der Waals surface area contributed by atoms with Gasteiger partial charge in [0.05, 0.1) is 17.8 Å². The van der Waals surface area contributed by atoms with Crippen molar-refractivity contribution in [3.8, 4) is 0 Å². The van der Waals surface area contributed by atoms with Crippen molar-refractivity contribution in [2.45, 2.75) is 84.6 Å². The molecule has 7 nitrogen and oxygen atoms in total. The monoisotopic (exact) mass is 825 g/mol. The van der Waals surface area contributed by atoms with Gasteiger partial charge in [-0.25, -0.2) is 26.6 Å². The normalized spacial score (nSPS) is 16.5. The van der Waals surface area contributed by atoms with E-state index in [9.17, 15) is 124 Å². The number of hydrogen-bond donors (Lipinski definition) is 0. The largest absolute Gasteiger partial charge is 0.750 e. The number of carbonyl (C=O) groups is 2. The summed E-state index contributed by atoms with van der Waals surface area (Å²) in [4.78, 5) is 23.2. The van der Waals surface area contributed by atoms with Crippen molar-refractivity contribution in [1.82, 2.24) is 0 Å². The lowest BCUT2D eigenvalue weighted by Gasteiger charge is -2.39. The van der Waals surface area contributed by atoms with Crippen LogP contribution in [-0.2, 0) is 34.6 Å². The first-order valence-electron chi connectivity index (χ1n) is 11.1. The van der Waals surface area contributed by atoms with Gasteiger partial charge in [-0.2, -0.15) is 87.8 Å². The molecule has 0 radical (unpaired) electrons. The summed E-state index contributed by atoms with van der Waals surface area (Å²) in [5, 5.41) is 0. The fraction of sp³-hybridized carbons (Fsp3) is 0.889. The molecule has 2 unspecified atom stereocenters. The van der Waals surface area contributed by atoms with Crippen LogP contribution in [0.1, 0.15) is 6.42 Å². The van der Waals surface area contributed by atoms with Crippen LogP contribution in [0.25, 0.3) is 0 Å². The van der Waals surface area contributed by atoms with Crippen LogP contribution in [0.2, 0.25) is 0 Å². The molecule has 32 heteroatoms. The third kappa shape index (κ3) is 8.03. The molecule has 0 aliphatic rings. The lowest BCUT2D eigenvalue weighted by atomic mass is 9.94.